The maximum absolute atomic E-state index is 12.0. The van der Waals surface area contributed by atoms with Gasteiger partial charge in [0.15, 0.2) is 18.1 Å². The highest BCUT2D eigenvalue weighted by Gasteiger charge is 2.29. The number of primary sulfonamides is 1. The zero-order valence-corrected chi connectivity index (χ0v) is 14.8. The summed E-state index contributed by atoms with van der Waals surface area (Å²) in [6, 6.07) is 12.1. The molecule has 0 aromatic heterocycles. The van der Waals surface area contributed by atoms with Crippen LogP contribution >= 0.6 is 0 Å². The fraction of sp³-hybridized carbons (Fsp3) is 0.176. The van der Waals surface area contributed by atoms with E-state index in [0.29, 0.717) is 17.2 Å². The molecule has 1 aliphatic heterocycles. The molecule has 1 atom stereocenters. The molecule has 0 spiro atoms. The summed E-state index contributed by atoms with van der Waals surface area (Å²) in [5.74, 6) is -0.375. The van der Waals surface area contributed by atoms with Crippen molar-refractivity contribution in [2.24, 2.45) is 5.14 Å². The van der Waals surface area contributed by atoms with Gasteiger partial charge in [-0.25, -0.2) is 18.4 Å². The van der Waals surface area contributed by atoms with Gasteiger partial charge in [0.2, 0.25) is 16.1 Å². The first-order valence-electron chi connectivity index (χ1n) is 7.81. The van der Waals surface area contributed by atoms with Gasteiger partial charge in [-0.15, -0.1) is 0 Å². The molecule has 1 amide bonds. The lowest BCUT2D eigenvalue weighted by molar-refractivity contribution is -0.156. The summed E-state index contributed by atoms with van der Waals surface area (Å²) in [5, 5.41) is 7.47. The Bertz CT molecular complexity index is 958. The minimum atomic E-state index is -3.81. The first-order valence-corrected chi connectivity index (χ1v) is 9.35. The smallest absolute Gasteiger partial charge is 0.351 e. The molecule has 0 aliphatic carbocycles. The monoisotopic (exact) mass is 392 g/mol. The van der Waals surface area contributed by atoms with Crippen LogP contribution in [0.5, 0.6) is 11.5 Å². The maximum atomic E-state index is 12.0. The van der Waals surface area contributed by atoms with E-state index in [-0.39, 0.29) is 11.5 Å². The van der Waals surface area contributed by atoms with Crippen molar-refractivity contribution in [2.75, 3.05) is 18.5 Å². The molecule has 10 heteroatoms. The number of amides is 1. The van der Waals surface area contributed by atoms with Crippen LogP contribution in [0.3, 0.4) is 0 Å². The molecule has 0 unspecified atom stereocenters. The van der Waals surface area contributed by atoms with E-state index in [4.69, 9.17) is 19.3 Å². The number of para-hydroxylation sites is 2. The number of carbonyl (C=O) groups excluding carboxylic acids is 2. The largest absolute Gasteiger partial charge is 0.485 e. The van der Waals surface area contributed by atoms with Gasteiger partial charge in [0.1, 0.15) is 6.61 Å². The molecule has 0 radical (unpaired) electrons. The van der Waals surface area contributed by atoms with Crippen LogP contribution in [0.25, 0.3) is 0 Å². The molecule has 2 aromatic carbocycles. The molecule has 142 valence electrons. The van der Waals surface area contributed by atoms with Gasteiger partial charge in [-0.3, -0.25) is 4.79 Å². The van der Waals surface area contributed by atoms with Gasteiger partial charge in [0, 0.05) is 5.69 Å². The summed E-state index contributed by atoms with van der Waals surface area (Å²) < 4.78 is 38.2. The highest BCUT2D eigenvalue weighted by Crippen LogP contribution is 2.31. The maximum Gasteiger partial charge on any atom is 0.351 e. The summed E-state index contributed by atoms with van der Waals surface area (Å²) in [7, 11) is -3.81. The Morgan fingerprint density at radius 3 is 2.44 bits per heavy atom. The molecule has 3 N–H and O–H groups in total. The zero-order valence-electron chi connectivity index (χ0n) is 14.0. The van der Waals surface area contributed by atoms with Crippen molar-refractivity contribution in [2.45, 2.75) is 11.0 Å². The number of fused-ring (bicyclic) bond motifs is 1. The summed E-state index contributed by atoms with van der Waals surface area (Å²) in [6.45, 7) is -0.552. The summed E-state index contributed by atoms with van der Waals surface area (Å²) >= 11 is 0. The lowest BCUT2D eigenvalue weighted by Crippen LogP contribution is -2.39. The molecular formula is C17H16N2O7S. The van der Waals surface area contributed by atoms with Crippen molar-refractivity contribution in [3.05, 3.63) is 48.5 Å². The van der Waals surface area contributed by atoms with Gasteiger partial charge in [-0.05, 0) is 36.4 Å². The number of nitrogens with one attached hydrogen (secondary N) is 1. The first kappa shape index (κ1) is 18.7. The number of anilines is 1. The van der Waals surface area contributed by atoms with Gasteiger partial charge < -0.3 is 19.5 Å². The van der Waals surface area contributed by atoms with Crippen LogP contribution in [0.2, 0.25) is 0 Å². The van der Waals surface area contributed by atoms with Crippen LogP contribution in [0.1, 0.15) is 0 Å². The summed E-state index contributed by atoms with van der Waals surface area (Å²) in [5.41, 5.74) is 0.328. The molecule has 0 fully saturated rings. The van der Waals surface area contributed by atoms with Gasteiger partial charge in [-0.1, -0.05) is 12.1 Å². The number of benzene rings is 2. The van der Waals surface area contributed by atoms with Crippen molar-refractivity contribution >= 4 is 27.6 Å². The van der Waals surface area contributed by atoms with Crippen molar-refractivity contribution in [3.63, 3.8) is 0 Å². The second-order valence-corrected chi connectivity index (χ2v) is 7.15. The highest BCUT2D eigenvalue weighted by atomic mass is 32.2. The number of ether oxygens (including phenoxy) is 3. The predicted octanol–water partition coefficient (Wildman–Crippen LogP) is 0.656. The molecular weight excluding hydrogens is 376 g/mol. The number of nitrogens with two attached hydrogens (primary N) is 1. The minimum Gasteiger partial charge on any atom is -0.485 e. The normalized spacial score (nSPS) is 15.7. The average Bonchev–Trinajstić information content (AvgIpc) is 2.65. The van der Waals surface area contributed by atoms with E-state index in [1.165, 1.54) is 24.3 Å². The van der Waals surface area contributed by atoms with E-state index < -0.39 is 34.6 Å². The molecule has 27 heavy (non-hydrogen) atoms. The Balaban J connectivity index is 1.50. The van der Waals surface area contributed by atoms with Gasteiger partial charge >= 0.3 is 5.97 Å². The van der Waals surface area contributed by atoms with Crippen LogP contribution in [0, 0.1) is 0 Å². The lowest BCUT2D eigenvalue weighted by atomic mass is 10.2. The number of rotatable bonds is 5. The van der Waals surface area contributed by atoms with E-state index >= 15 is 0 Å². The molecule has 1 aliphatic rings. The van der Waals surface area contributed by atoms with Gasteiger partial charge in [0.05, 0.1) is 4.90 Å². The molecule has 1 heterocycles. The molecule has 0 bridgehead atoms. The number of hydrogen-bond acceptors (Lipinski definition) is 7. The van der Waals surface area contributed by atoms with Crippen molar-refractivity contribution < 1.29 is 32.2 Å². The Morgan fingerprint density at radius 2 is 1.78 bits per heavy atom. The molecule has 2 aromatic rings. The quantitative estimate of drug-likeness (QED) is 0.714. The Labute approximate surface area is 155 Å². The third-order valence-corrected chi connectivity index (χ3v) is 4.51. The minimum absolute atomic E-state index is 0.0213. The third kappa shape index (κ3) is 4.74. The number of hydrogen-bond donors (Lipinski definition) is 2. The Kier molecular flexibility index (Phi) is 5.28. The van der Waals surface area contributed by atoms with Crippen molar-refractivity contribution in [1.82, 2.24) is 0 Å². The fourth-order valence-electron chi connectivity index (χ4n) is 2.29. The summed E-state index contributed by atoms with van der Waals surface area (Å²) in [6.07, 6.45) is -0.971. The number of esters is 1. The lowest BCUT2D eigenvalue weighted by Gasteiger charge is -2.24. The van der Waals surface area contributed by atoms with E-state index in [1.807, 2.05) is 0 Å². The molecule has 9 nitrogen and oxygen atoms in total. The molecule has 3 rings (SSSR count). The van der Waals surface area contributed by atoms with Crippen molar-refractivity contribution in [1.29, 1.82) is 0 Å². The average molecular weight is 392 g/mol. The number of sulfonamides is 1. The van der Waals surface area contributed by atoms with Crippen LogP contribution in [0.15, 0.2) is 53.4 Å². The van der Waals surface area contributed by atoms with E-state index in [1.54, 1.807) is 24.3 Å². The van der Waals surface area contributed by atoms with E-state index in [9.17, 15) is 18.0 Å². The van der Waals surface area contributed by atoms with Crippen LogP contribution < -0.4 is 19.9 Å². The van der Waals surface area contributed by atoms with Crippen LogP contribution in [-0.4, -0.2) is 39.6 Å². The van der Waals surface area contributed by atoms with Crippen molar-refractivity contribution in [3.8, 4) is 11.5 Å². The topological polar surface area (TPSA) is 134 Å². The first-order chi connectivity index (χ1) is 12.8. The van der Waals surface area contributed by atoms with Gasteiger partial charge in [-0.2, -0.15) is 0 Å². The van der Waals surface area contributed by atoms with Crippen LogP contribution in [-0.2, 0) is 24.3 Å². The highest BCUT2D eigenvalue weighted by molar-refractivity contribution is 7.89. The Morgan fingerprint density at radius 1 is 1.11 bits per heavy atom. The van der Waals surface area contributed by atoms with Crippen LogP contribution in [0.4, 0.5) is 5.69 Å². The van der Waals surface area contributed by atoms with E-state index in [2.05, 4.69) is 5.32 Å². The third-order valence-electron chi connectivity index (χ3n) is 3.58. The summed E-state index contributed by atoms with van der Waals surface area (Å²) in [4.78, 5) is 23.8. The fourth-order valence-corrected chi connectivity index (χ4v) is 2.81. The SMILES string of the molecule is NS(=O)(=O)c1ccc(NC(=O)COC(=O)[C@@H]2COc3ccccc3O2)cc1. The Hall–Kier alpha value is -3.11. The second-order valence-electron chi connectivity index (χ2n) is 5.59. The number of carbonyl (C=O) groups is 2. The van der Waals surface area contributed by atoms with Gasteiger partial charge in [0.25, 0.3) is 5.91 Å². The molecule has 0 saturated carbocycles. The standard InChI is InChI=1S/C17H16N2O7S/c18-27(22,23)12-7-5-11(6-8-12)19-16(20)10-25-17(21)15-9-24-13-3-1-2-4-14(13)26-15/h1-8,15H,9-10H2,(H,19,20)(H2,18,22,23)/t15-/m0/s1. The van der Waals surface area contributed by atoms with E-state index in [0.717, 1.165) is 0 Å². The molecule has 0 saturated heterocycles. The second kappa shape index (κ2) is 7.64. The zero-order chi connectivity index (χ0) is 19.4. The predicted molar refractivity (Wildman–Crippen MR) is 93.8 cm³/mol.